The van der Waals surface area contributed by atoms with Crippen molar-refractivity contribution in [2.24, 2.45) is 0 Å². The minimum Gasteiger partial charge on any atom is -0.207 e. The van der Waals surface area contributed by atoms with Gasteiger partial charge in [0.2, 0.25) is 0 Å². The van der Waals surface area contributed by atoms with Crippen molar-refractivity contribution in [2.45, 2.75) is 38.0 Å². The highest BCUT2D eigenvalue weighted by molar-refractivity contribution is 5.25. The van der Waals surface area contributed by atoms with Gasteiger partial charge >= 0.3 is 0 Å². The summed E-state index contributed by atoms with van der Waals surface area (Å²) >= 11 is 0. The maximum atomic E-state index is 12.7. The minimum absolute atomic E-state index is 0.134. The van der Waals surface area contributed by atoms with E-state index in [1.807, 2.05) is 12.1 Å². The zero-order valence-electron chi connectivity index (χ0n) is 8.02. The van der Waals surface area contributed by atoms with Gasteiger partial charge in [0.25, 0.3) is 0 Å². The molecule has 1 aromatic carbocycles. The van der Waals surface area contributed by atoms with Gasteiger partial charge in [-0.15, -0.1) is 0 Å². The van der Waals surface area contributed by atoms with Crippen molar-refractivity contribution in [3.63, 3.8) is 0 Å². The SMILES string of the molecule is CC1(c2ccc(F)cc2)CCCC1. The van der Waals surface area contributed by atoms with Crippen LogP contribution >= 0.6 is 0 Å². The summed E-state index contributed by atoms with van der Waals surface area (Å²) in [6.45, 7) is 2.28. The summed E-state index contributed by atoms with van der Waals surface area (Å²) in [6, 6.07) is 7.00. The third kappa shape index (κ3) is 1.60. The number of hydrogen-bond acceptors (Lipinski definition) is 0. The van der Waals surface area contributed by atoms with Crippen LogP contribution in [-0.4, -0.2) is 0 Å². The molecule has 0 bridgehead atoms. The third-order valence-electron chi connectivity index (χ3n) is 3.25. The zero-order valence-corrected chi connectivity index (χ0v) is 8.02. The molecule has 0 spiro atoms. The summed E-state index contributed by atoms with van der Waals surface area (Å²) in [5, 5.41) is 0. The van der Waals surface area contributed by atoms with Gasteiger partial charge < -0.3 is 0 Å². The molecular weight excluding hydrogens is 163 g/mol. The fourth-order valence-electron chi connectivity index (χ4n) is 2.30. The van der Waals surface area contributed by atoms with Crippen molar-refractivity contribution in [3.8, 4) is 0 Å². The molecule has 0 atom stereocenters. The number of halogens is 1. The molecule has 0 unspecified atom stereocenters. The molecule has 0 aliphatic heterocycles. The summed E-state index contributed by atoms with van der Waals surface area (Å²) in [7, 11) is 0. The van der Waals surface area contributed by atoms with Gasteiger partial charge in [-0.1, -0.05) is 31.9 Å². The number of benzene rings is 1. The zero-order chi connectivity index (χ0) is 9.31. The highest BCUT2D eigenvalue weighted by atomic mass is 19.1. The Bertz CT molecular complexity index is 280. The monoisotopic (exact) mass is 178 g/mol. The Morgan fingerprint density at radius 3 is 2.15 bits per heavy atom. The lowest BCUT2D eigenvalue weighted by atomic mass is 9.81. The first kappa shape index (κ1) is 8.74. The van der Waals surface area contributed by atoms with Crippen molar-refractivity contribution < 1.29 is 4.39 Å². The molecular formula is C12H15F. The summed E-state index contributed by atoms with van der Waals surface area (Å²) in [6.07, 6.45) is 5.12. The van der Waals surface area contributed by atoms with Gasteiger partial charge in [-0.25, -0.2) is 4.39 Å². The molecule has 0 nitrogen and oxygen atoms in total. The first-order chi connectivity index (χ1) is 6.21. The minimum atomic E-state index is -0.134. The Labute approximate surface area is 78.8 Å². The lowest BCUT2D eigenvalue weighted by molar-refractivity contribution is 0.490. The molecule has 1 fully saturated rings. The molecule has 13 heavy (non-hydrogen) atoms. The molecule has 1 aromatic rings. The van der Waals surface area contributed by atoms with E-state index >= 15 is 0 Å². The molecule has 70 valence electrons. The fourth-order valence-corrected chi connectivity index (χ4v) is 2.30. The fraction of sp³-hybridized carbons (Fsp3) is 0.500. The molecule has 1 heteroatoms. The van der Waals surface area contributed by atoms with Crippen LogP contribution < -0.4 is 0 Å². The van der Waals surface area contributed by atoms with Gasteiger partial charge in [0.05, 0.1) is 0 Å². The average molecular weight is 178 g/mol. The van der Waals surface area contributed by atoms with Crippen LogP contribution in [0.25, 0.3) is 0 Å². The van der Waals surface area contributed by atoms with E-state index < -0.39 is 0 Å². The summed E-state index contributed by atoms with van der Waals surface area (Å²) in [5.41, 5.74) is 1.61. The molecule has 0 aromatic heterocycles. The largest absolute Gasteiger partial charge is 0.207 e. The molecule has 0 N–H and O–H groups in total. The summed E-state index contributed by atoms with van der Waals surface area (Å²) < 4.78 is 12.7. The average Bonchev–Trinajstić information content (AvgIpc) is 2.54. The third-order valence-corrected chi connectivity index (χ3v) is 3.25. The van der Waals surface area contributed by atoms with Gasteiger partial charge in [0.1, 0.15) is 5.82 Å². The van der Waals surface area contributed by atoms with E-state index in [9.17, 15) is 4.39 Å². The second-order valence-corrected chi connectivity index (χ2v) is 4.27. The first-order valence-electron chi connectivity index (χ1n) is 4.97. The van der Waals surface area contributed by atoms with E-state index in [0.717, 1.165) is 0 Å². The maximum absolute atomic E-state index is 12.7. The van der Waals surface area contributed by atoms with E-state index in [1.165, 1.54) is 31.2 Å². The maximum Gasteiger partial charge on any atom is 0.123 e. The molecule has 0 radical (unpaired) electrons. The van der Waals surface area contributed by atoms with Crippen molar-refractivity contribution in [1.82, 2.24) is 0 Å². The highest BCUT2D eigenvalue weighted by Crippen LogP contribution is 2.40. The Hall–Kier alpha value is -0.850. The Morgan fingerprint density at radius 2 is 1.62 bits per heavy atom. The quantitative estimate of drug-likeness (QED) is 0.615. The molecule has 1 aliphatic carbocycles. The number of hydrogen-bond donors (Lipinski definition) is 0. The van der Waals surface area contributed by atoms with Crippen LogP contribution in [0.4, 0.5) is 4.39 Å². The van der Waals surface area contributed by atoms with Gasteiger partial charge in [-0.3, -0.25) is 0 Å². The highest BCUT2D eigenvalue weighted by Gasteiger charge is 2.30. The Morgan fingerprint density at radius 1 is 1.08 bits per heavy atom. The van der Waals surface area contributed by atoms with Crippen LogP contribution in [0.1, 0.15) is 38.2 Å². The topological polar surface area (TPSA) is 0 Å². The van der Waals surface area contributed by atoms with Crippen LogP contribution in [0.5, 0.6) is 0 Å². The molecule has 0 amide bonds. The Balaban J connectivity index is 2.29. The van der Waals surface area contributed by atoms with Crippen LogP contribution in [0.15, 0.2) is 24.3 Å². The summed E-state index contributed by atoms with van der Waals surface area (Å²) in [4.78, 5) is 0. The first-order valence-corrected chi connectivity index (χ1v) is 4.97. The van der Waals surface area contributed by atoms with Gasteiger partial charge in [0.15, 0.2) is 0 Å². The van der Waals surface area contributed by atoms with Crippen molar-refractivity contribution in [2.75, 3.05) is 0 Å². The van der Waals surface area contributed by atoms with Gasteiger partial charge in [0, 0.05) is 0 Å². The van der Waals surface area contributed by atoms with Gasteiger partial charge in [-0.2, -0.15) is 0 Å². The van der Waals surface area contributed by atoms with Crippen LogP contribution in [0.2, 0.25) is 0 Å². The second kappa shape index (κ2) is 3.13. The van der Waals surface area contributed by atoms with Crippen molar-refractivity contribution in [3.05, 3.63) is 35.6 Å². The second-order valence-electron chi connectivity index (χ2n) is 4.27. The predicted octanol–water partition coefficient (Wildman–Crippen LogP) is 3.66. The van der Waals surface area contributed by atoms with Gasteiger partial charge in [-0.05, 0) is 36.0 Å². The predicted molar refractivity (Wildman–Crippen MR) is 52.2 cm³/mol. The van der Waals surface area contributed by atoms with E-state index in [4.69, 9.17) is 0 Å². The van der Waals surface area contributed by atoms with Crippen LogP contribution in [0, 0.1) is 5.82 Å². The standard InChI is InChI=1S/C12H15F/c1-12(8-2-3-9-12)10-4-6-11(13)7-5-10/h4-7H,2-3,8-9H2,1H3. The molecule has 1 aliphatic rings. The summed E-state index contributed by atoms with van der Waals surface area (Å²) in [5.74, 6) is -0.134. The molecule has 2 rings (SSSR count). The van der Waals surface area contributed by atoms with E-state index in [0.29, 0.717) is 5.41 Å². The van der Waals surface area contributed by atoms with Crippen molar-refractivity contribution in [1.29, 1.82) is 0 Å². The molecule has 0 saturated heterocycles. The molecule has 0 heterocycles. The van der Waals surface area contributed by atoms with Crippen LogP contribution in [0.3, 0.4) is 0 Å². The van der Waals surface area contributed by atoms with Crippen LogP contribution in [-0.2, 0) is 5.41 Å². The Kier molecular flexibility index (Phi) is 2.10. The lowest BCUT2D eigenvalue weighted by Crippen LogP contribution is -2.16. The van der Waals surface area contributed by atoms with E-state index in [2.05, 4.69) is 6.92 Å². The van der Waals surface area contributed by atoms with Crippen molar-refractivity contribution >= 4 is 0 Å². The number of rotatable bonds is 1. The van der Waals surface area contributed by atoms with E-state index in [1.54, 1.807) is 12.1 Å². The van der Waals surface area contributed by atoms with E-state index in [-0.39, 0.29) is 5.82 Å². The smallest absolute Gasteiger partial charge is 0.123 e. The normalized spacial score (nSPS) is 20.5. The molecule has 1 saturated carbocycles. The lowest BCUT2D eigenvalue weighted by Gasteiger charge is -2.23.